The number of nitrogens with two attached hydrogens (primary N) is 1. The van der Waals surface area contributed by atoms with Crippen molar-refractivity contribution in [1.82, 2.24) is 0 Å². The Balaban J connectivity index is 2.03. The quantitative estimate of drug-likeness (QED) is 0.833. The van der Waals surface area contributed by atoms with Crippen LogP contribution in [0.4, 0.5) is 11.4 Å². The zero-order valence-corrected chi connectivity index (χ0v) is 10.4. The van der Waals surface area contributed by atoms with Crippen molar-refractivity contribution >= 4 is 28.9 Å². The number of amides is 1. The Morgan fingerprint density at radius 2 is 1.89 bits per heavy atom. The van der Waals surface area contributed by atoms with Crippen LogP contribution in [0, 0.1) is 0 Å². The standard InChI is InChI=1S/C14H13ClN2O/c15-11-6-7-13(12(16)9-11)17-14(18)8-10-4-2-1-3-5-10/h1-7,9H,8,16H2,(H,17,18). The highest BCUT2D eigenvalue weighted by Gasteiger charge is 2.06. The monoisotopic (exact) mass is 260 g/mol. The first kappa shape index (κ1) is 12.5. The summed E-state index contributed by atoms with van der Waals surface area (Å²) < 4.78 is 0. The van der Waals surface area contributed by atoms with Gasteiger partial charge >= 0.3 is 0 Å². The Labute approximate surface area is 111 Å². The van der Waals surface area contributed by atoms with Crippen molar-refractivity contribution in [2.75, 3.05) is 11.1 Å². The lowest BCUT2D eigenvalue weighted by atomic mass is 10.1. The van der Waals surface area contributed by atoms with E-state index < -0.39 is 0 Å². The fraction of sp³-hybridized carbons (Fsp3) is 0.0714. The van der Waals surface area contributed by atoms with Crippen LogP contribution in [0.1, 0.15) is 5.56 Å². The summed E-state index contributed by atoms with van der Waals surface area (Å²) in [6.07, 6.45) is 0.322. The molecule has 0 aliphatic carbocycles. The lowest BCUT2D eigenvalue weighted by Crippen LogP contribution is -2.15. The van der Waals surface area contributed by atoms with E-state index in [2.05, 4.69) is 5.32 Å². The molecule has 0 spiro atoms. The predicted octanol–water partition coefficient (Wildman–Crippen LogP) is 3.10. The molecule has 1 amide bonds. The van der Waals surface area contributed by atoms with Crippen LogP contribution in [-0.4, -0.2) is 5.91 Å². The van der Waals surface area contributed by atoms with Gasteiger partial charge in [-0.3, -0.25) is 4.79 Å². The fourth-order valence-corrected chi connectivity index (χ4v) is 1.80. The second-order valence-corrected chi connectivity index (χ2v) is 4.38. The maximum absolute atomic E-state index is 11.8. The second kappa shape index (κ2) is 5.56. The van der Waals surface area contributed by atoms with Gasteiger partial charge in [-0.15, -0.1) is 0 Å². The SMILES string of the molecule is Nc1cc(Cl)ccc1NC(=O)Cc1ccccc1. The van der Waals surface area contributed by atoms with Crippen molar-refractivity contribution in [2.24, 2.45) is 0 Å². The summed E-state index contributed by atoms with van der Waals surface area (Å²) in [4.78, 5) is 11.8. The Hall–Kier alpha value is -2.00. The average molecular weight is 261 g/mol. The number of carbonyl (C=O) groups excluding carboxylic acids is 1. The summed E-state index contributed by atoms with van der Waals surface area (Å²) >= 11 is 5.79. The van der Waals surface area contributed by atoms with E-state index in [4.69, 9.17) is 17.3 Å². The number of benzene rings is 2. The minimum atomic E-state index is -0.102. The molecule has 0 heterocycles. The predicted molar refractivity (Wildman–Crippen MR) is 74.6 cm³/mol. The van der Waals surface area contributed by atoms with Crippen molar-refractivity contribution in [1.29, 1.82) is 0 Å². The van der Waals surface area contributed by atoms with Crippen LogP contribution < -0.4 is 11.1 Å². The van der Waals surface area contributed by atoms with E-state index in [1.807, 2.05) is 30.3 Å². The van der Waals surface area contributed by atoms with E-state index >= 15 is 0 Å². The molecule has 0 saturated carbocycles. The van der Waals surface area contributed by atoms with Crippen LogP contribution in [0.3, 0.4) is 0 Å². The van der Waals surface area contributed by atoms with Gasteiger partial charge < -0.3 is 11.1 Å². The Bertz CT molecular complexity index is 555. The number of halogens is 1. The Morgan fingerprint density at radius 3 is 2.56 bits per heavy atom. The molecule has 3 N–H and O–H groups in total. The van der Waals surface area contributed by atoms with Crippen LogP contribution in [0.5, 0.6) is 0 Å². The number of rotatable bonds is 3. The molecule has 18 heavy (non-hydrogen) atoms. The number of carbonyl (C=O) groups is 1. The molecule has 0 unspecified atom stereocenters. The third-order valence-electron chi connectivity index (χ3n) is 2.50. The maximum atomic E-state index is 11.8. The van der Waals surface area contributed by atoms with E-state index in [0.717, 1.165) is 5.56 Å². The Morgan fingerprint density at radius 1 is 1.17 bits per heavy atom. The third kappa shape index (κ3) is 3.25. The second-order valence-electron chi connectivity index (χ2n) is 3.94. The molecular weight excluding hydrogens is 248 g/mol. The molecule has 3 nitrogen and oxygen atoms in total. The van der Waals surface area contributed by atoms with Gasteiger partial charge in [-0.2, -0.15) is 0 Å². The van der Waals surface area contributed by atoms with E-state index in [9.17, 15) is 4.79 Å². The van der Waals surface area contributed by atoms with Gasteiger partial charge in [0.1, 0.15) is 0 Å². The van der Waals surface area contributed by atoms with Gasteiger partial charge in [0.05, 0.1) is 17.8 Å². The van der Waals surface area contributed by atoms with Gasteiger partial charge in [0, 0.05) is 5.02 Å². The summed E-state index contributed by atoms with van der Waals surface area (Å²) in [7, 11) is 0. The highest BCUT2D eigenvalue weighted by molar-refractivity contribution is 6.31. The molecule has 4 heteroatoms. The summed E-state index contributed by atoms with van der Waals surface area (Å²) in [6, 6.07) is 14.5. The van der Waals surface area contributed by atoms with Crippen molar-refractivity contribution < 1.29 is 4.79 Å². The molecule has 0 saturated heterocycles. The number of nitrogens with one attached hydrogen (secondary N) is 1. The van der Waals surface area contributed by atoms with Gasteiger partial charge in [-0.25, -0.2) is 0 Å². The largest absolute Gasteiger partial charge is 0.397 e. The Kier molecular flexibility index (Phi) is 3.85. The van der Waals surface area contributed by atoms with E-state index in [0.29, 0.717) is 22.8 Å². The van der Waals surface area contributed by atoms with Crippen LogP contribution in [0.2, 0.25) is 5.02 Å². The molecule has 0 aliphatic heterocycles. The molecular formula is C14H13ClN2O. The van der Waals surface area contributed by atoms with Crippen LogP contribution in [0.25, 0.3) is 0 Å². The first-order chi connectivity index (χ1) is 8.65. The summed E-state index contributed by atoms with van der Waals surface area (Å²) in [5.74, 6) is -0.102. The van der Waals surface area contributed by atoms with Gasteiger partial charge in [-0.05, 0) is 23.8 Å². The van der Waals surface area contributed by atoms with E-state index in [1.54, 1.807) is 18.2 Å². The smallest absolute Gasteiger partial charge is 0.228 e. The molecule has 2 aromatic rings. The normalized spacial score (nSPS) is 10.1. The molecule has 0 aromatic heterocycles. The maximum Gasteiger partial charge on any atom is 0.228 e. The molecule has 0 aliphatic rings. The average Bonchev–Trinajstić information content (AvgIpc) is 2.34. The van der Waals surface area contributed by atoms with Crippen LogP contribution in [-0.2, 0) is 11.2 Å². The highest BCUT2D eigenvalue weighted by Crippen LogP contribution is 2.22. The topological polar surface area (TPSA) is 55.1 Å². The van der Waals surface area contributed by atoms with Gasteiger partial charge in [0.15, 0.2) is 0 Å². The number of hydrogen-bond donors (Lipinski definition) is 2. The lowest BCUT2D eigenvalue weighted by molar-refractivity contribution is -0.115. The van der Waals surface area contributed by atoms with Crippen molar-refractivity contribution in [3.8, 4) is 0 Å². The van der Waals surface area contributed by atoms with Gasteiger partial charge in [-0.1, -0.05) is 41.9 Å². The summed E-state index contributed by atoms with van der Waals surface area (Å²) in [5, 5.41) is 3.31. The fourth-order valence-electron chi connectivity index (χ4n) is 1.62. The molecule has 0 radical (unpaired) electrons. The van der Waals surface area contributed by atoms with Crippen LogP contribution in [0.15, 0.2) is 48.5 Å². The zero-order valence-electron chi connectivity index (χ0n) is 9.69. The molecule has 0 atom stereocenters. The highest BCUT2D eigenvalue weighted by atomic mass is 35.5. The molecule has 92 valence electrons. The van der Waals surface area contributed by atoms with Crippen LogP contribution >= 0.6 is 11.6 Å². The van der Waals surface area contributed by atoms with Crippen molar-refractivity contribution in [2.45, 2.75) is 6.42 Å². The molecule has 2 rings (SSSR count). The van der Waals surface area contributed by atoms with E-state index in [1.165, 1.54) is 0 Å². The lowest BCUT2D eigenvalue weighted by Gasteiger charge is -2.08. The third-order valence-corrected chi connectivity index (χ3v) is 2.73. The first-order valence-electron chi connectivity index (χ1n) is 5.54. The number of anilines is 2. The number of nitrogen functional groups attached to an aromatic ring is 1. The zero-order chi connectivity index (χ0) is 13.0. The molecule has 0 fully saturated rings. The molecule has 0 bridgehead atoms. The van der Waals surface area contributed by atoms with Crippen molar-refractivity contribution in [3.63, 3.8) is 0 Å². The van der Waals surface area contributed by atoms with Crippen molar-refractivity contribution in [3.05, 3.63) is 59.1 Å². The first-order valence-corrected chi connectivity index (χ1v) is 5.92. The van der Waals surface area contributed by atoms with Gasteiger partial charge in [0.2, 0.25) is 5.91 Å². The molecule has 2 aromatic carbocycles. The number of hydrogen-bond acceptors (Lipinski definition) is 2. The van der Waals surface area contributed by atoms with E-state index in [-0.39, 0.29) is 5.91 Å². The summed E-state index contributed by atoms with van der Waals surface area (Å²) in [5.41, 5.74) is 7.77. The minimum absolute atomic E-state index is 0.102. The summed E-state index contributed by atoms with van der Waals surface area (Å²) in [6.45, 7) is 0. The minimum Gasteiger partial charge on any atom is -0.397 e. The van der Waals surface area contributed by atoms with Gasteiger partial charge in [0.25, 0.3) is 0 Å².